The van der Waals surface area contributed by atoms with Gasteiger partial charge in [0.2, 0.25) is 0 Å². The van der Waals surface area contributed by atoms with Gasteiger partial charge in [0.05, 0.1) is 19.9 Å². The third-order valence-electron chi connectivity index (χ3n) is 3.63. The highest BCUT2D eigenvalue weighted by Crippen LogP contribution is 2.27. The minimum Gasteiger partial charge on any atom is -0.493 e. The third kappa shape index (κ3) is 5.51. The van der Waals surface area contributed by atoms with E-state index >= 15 is 0 Å². The number of nitrogens with one attached hydrogen (secondary N) is 1. The van der Waals surface area contributed by atoms with E-state index in [4.69, 9.17) is 14.3 Å². The molecule has 0 atom stereocenters. The Morgan fingerprint density at radius 1 is 1.15 bits per heavy atom. The molecular weight excluding hydrogens is 332 g/mol. The van der Waals surface area contributed by atoms with Crippen LogP contribution in [0.3, 0.4) is 0 Å². The van der Waals surface area contributed by atoms with Crippen LogP contribution in [0, 0.1) is 13.8 Å². The van der Waals surface area contributed by atoms with Crippen molar-refractivity contribution in [2.45, 2.75) is 20.8 Å². The fraction of sp³-hybridized carbons (Fsp3) is 0.300. The van der Waals surface area contributed by atoms with Gasteiger partial charge in [0.1, 0.15) is 0 Å². The van der Waals surface area contributed by atoms with Crippen molar-refractivity contribution in [3.8, 4) is 11.5 Å². The zero-order valence-electron chi connectivity index (χ0n) is 15.5. The van der Waals surface area contributed by atoms with Gasteiger partial charge in [0.15, 0.2) is 18.1 Å². The summed E-state index contributed by atoms with van der Waals surface area (Å²) in [5, 5.41) is 6.65. The molecule has 0 unspecified atom stereocenters. The van der Waals surface area contributed by atoms with Crippen LogP contribution in [0.1, 0.15) is 23.6 Å². The topological polar surface area (TPSA) is 69.2 Å². The average Bonchev–Trinajstić information content (AvgIpc) is 2.63. The van der Waals surface area contributed by atoms with E-state index in [0.29, 0.717) is 18.1 Å². The van der Waals surface area contributed by atoms with Crippen molar-refractivity contribution in [1.29, 1.82) is 0 Å². The van der Waals surface area contributed by atoms with Gasteiger partial charge in [-0.3, -0.25) is 4.79 Å². The molecule has 2 rings (SSSR count). The molecule has 2 aromatic carbocycles. The number of hydrogen-bond acceptors (Lipinski definition) is 5. The number of amides is 1. The Morgan fingerprint density at radius 2 is 1.96 bits per heavy atom. The van der Waals surface area contributed by atoms with Gasteiger partial charge in [-0.05, 0) is 56.2 Å². The summed E-state index contributed by atoms with van der Waals surface area (Å²) in [7, 11) is 1.58. The second-order valence-corrected chi connectivity index (χ2v) is 5.72. The van der Waals surface area contributed by atoms with E-state index in [9.17, 15) is 4.79 Å². The minimum absolute atomic E-state index is 0.169. The van der Waals surface area contributed by atoms with Crippen molar-refractivity contribution in [2.75, 3.05) is 25.6 Å². The Labute approximate surface area is 153 Å². The molecule has 0 saturated carbocycles. The molecule has 6 heteroatoms. The second-order valence-electron chi connectivity index (χ2n) is 5.72. The van der Waals surface area contributed by atoms with Crippen molar-refractivity contribution in [3.05, 3.63) is 53.1 Å². The molecule has 0 fully saturated rings. The third-order valence-corrected chi connectivity index (χ3v) is 3.63. The smallest absolute Gasteiger partial charge is 0.265 e. The van der Waals surface area contributed by atoms with Gasteiger partial charge in [-0.2, -0.15) is 0 Å². The number of rotatable bonds is 8. The molecule has 138 valence electrons. The second kappa shape index (κ2) is 9.46. The maximum atomic E-state index is 12.0. The van der Waals surface area contributed by atoms with E-state index in [1.807, 2.05) is 45.0 Å². The normalized spacial score (nSPS) is 10.6. The van der Waals surface area contributed by atoms with E-state index in [1.54, 1.807) is 19.2 Å². The van der Waals surface area contributed by atoms with Crippen LogP contribution in [0.2, 0.25) is 0 Å². The number of methoxy groups -OCH3 is 1. The first-order valence-electron chi connectivity index (χ1n) is 8.36. The number of benzene rings is 2. The molecule has 2 aromatic rings. The number of hydrogen-bond donors (Lipinski definition) is 1. The maximum absolute atomic E-state index is 12.0. The summed E-state index contributed by atoms with van der Waals surface area (Å²) >= 11 is 0. The first-order valence-corrected chi connectivity index (χ1v) is 8.36. The Balaban J connectivity index is 1.88. The number of anilines is 1. The van der Waals surface area contributed by atoms with Crippen LogP contribution in [-0.2, 0) is 9.63 Å². The lowest BCUT2D eigenvalue weighted by Gasteiger charge is -2.09. The lowest BCUT2D eigenvalue weighted by atomic mass is 10.1. The largest absolute Gasteiger partial charge is 0.493 e. The predicted molar refractivity (Wildman–Crippen MR) is 102 cm³/mol. The van der Waals surface area contributed by atoms with Crippen LogP contribution < -0.4 is 14.8 Å². The van der Waals surface area contributed by atoms with Crippen molar-refractivity contribution < 1.29 is 19.1 Å². The first-order chi connectivity index (χ1) is 12.5. The zero-order valence-corrected chi connectivity index (χ0v) is 15.5. The van der Waals surface area contributed by atoms with Crippen molar-refractivity contribution >= 4 is 17.8 Å². The summed E-state index contributed by atoms with van der Waals surface area (Å²) in [5.74, 6) is 1.02. The molecule has 0 radical (unpaired) electrons. The molecule has 26 heavy (non-hydrogen) atoms. The standard InChI is InChI=1S/C20H24N2O4/c1-5-25-18-9-8-16(11-19(18)24-4)12-21-26-13-20(23)22-17-10-14(2)6-7-15(17)3/h6-12H,5,13H2,1-4H3,(H,22,23)/b21-12-. The molecule has 6 nitrogen and oxygen atoms in total. The summed E-state index contributed by atoms with van der Waals surface area (Å²) in [6.07, 6.45) is 1.52. The fourth-order valence-corrected chi connectivity index (χ4v) is 2.29. The van der Waals surface area contributed by atoms with E-state index in [-0.39, 0.29) is 12.5 Å². The summed E-state index contributed by atoms with van der Waals surface area (Å²) in [6.45, 7) is 6.21. The van der Waals surface area contributed by atoms with E-state index in [0.717, 1.165) is 22.4 Å². The van der Waals surface area contributed by atoms with E-state index in [2.05, 4.69) is 10.5 Å². The van der Waals surface area contributed by atoms with Gasteiger partial charge in [0, 0.05) is 11.3 Å². The highest BCUT2D eigenvalue weighted by Gasteiger charge is 2.06. The summed E-state index contributed by atoms with van der Waals surface area (Å²) in [4.78, 5) is 17.0. The number of nitrogens with zero attached hydrogens (tertiary/aromatic N) is 1. The van der Waals surface area contributed by atoms with Gasteiger partial charge in [0.25, 0.3) is 5.91 Å². The van der Waals surface area contributed by atoms with Gasteiger partial charge < -0.3 is 19.6 Å². The molecule has 0 aliphatic carbocycles. The molecular formula is C20H24N2O4. The highest BCUT2D eigenvalue weighted by molar-refractivity contribution is 5.92. The Morgan fingerprint density at radius 3 is 2.69 bits per heavy atom. The van der Waals surface area contributed by atoms with Crippen molar-refractivity contribution in [3.63, 3.8) is 0 Å². The Kier molecular flexibility index (Phi) is 7.02. The number of carbonyl (C=O) groups is 1. The van der Waals surface area contributed by atoms with Gasteiger partial charge in [-0.25, -0.2) is 0 Å². The van der Waals surface area contributed by atoms with E-state index in [1.165, 1.54) is 6.21 Å². The number of ether oxygens (including phenoxy) is 2. The fourth-order valence-electron chi connectivity index (χ4n) is 2.29. The lowest BCUT2D eigenvalue weighted by molar-refractivity contribution is -0.120. The molecule has 0 spiro atoms. The quantitative estimate of drug-likeness (QED) is 0.578. The molecule has 0 aliphatic rings. The van der Waals surface area contributed by atoms with Crippen LogP contribution in [0.15, 0.2) is 41.6 Å². The predicted octanol–water partition coefficient (Wildman–Crippen LogP) is 3.70. The van der Waals surface area contributed by atoms with Crippen LogP contribution in [0.5, 0.6) is 11.5 Å². The van der Waals surface area contributed by atoms with Crippen LogP contribution in [-0.4, -0.2) is 32.4 Å². The number of oxime groups is 1. The van der Waals surface area contributed by atoms with Gasteiger partial charge in [-0.1, -0.05) is 17.3 Å². The van der Waals surface area contributed by atoms with Crippen LogP contribution in [0.25, 0.3) is 0 Å². The van der Waals surface area contributed by atoms with E-state index < -0.39 is 0 Å². The molecule has 0 aliphatic heterocycles. The Hall–Kier alpha value is -3.02. The number of aryl methyl sites for hydroxylation is 2. The minimum atomic E-state index is -0.264. The van der Waals surface area contributed by atoms with Gasteiger partial charge >= 0.3 is 0 Å². The molecule has 0 heterocycles. The van der Waals surface area contributed by atoms with Gasteiger partial charge in [-0.15, -0.1) is 0 Å². The SMILES string of the molecule is CCOc1ccc(/C=N\OCC(=O)Nc2cc(C)ccc2C)cc1OC. The number of carbonyl (C=O) groups excluding carboxylic acids is 1. The molecule has 0 bridgehead atoms. The molecule has 1 amide bonds. The Bertz CT molecular complexity index is 787. The molecule has 1 N–H and O–H groups in total. The molecule has 0 saturated heterocycles. The molecule has 0 aromatic heterocycles. The average molecular weight is 356 g/mol. The summed E-state index contributed by atoms with van der Waals surface area (Å²) in [6, 6.07) is 11.3. The maximum Gasteiger partial charge on any atom is 0.265 e. The van der Waals surface area contributed by atoms with Crippen molar-refractivity contribution in [1.82, 2.24) is 0 Å². The summed E-state index contributed by atoms with van der Waals surface area (Å²) in [5.41, 5.74) is 3.63. The summed E-state index contributed by atoms with van der Waals surface area (Å²) < 4.78 is 10.7. The van der Waals surface area contributed by atoms with Crippen molar-refractivity contribution in [2.24, 2.45) is 5.16 Å². The lowest BCUT2D eigenvalue weighted by Crippen LogP contribution is -2.17. The van der Waals surface area contributed by atoms with Crippen LogP contribution in [0.4, 0.5) is 5.69 Å². The zero-order chi connectivity index (χ0) is 18.9. The van der Waals surface area contributed by atoms with Crippen LogP contribution >= 0.6 is 0 Å². The first kappa shape index (κ1) is 19.3. The monoisotopic (exact) mass is 356 g/mol. The highest BCUT2D eigenvalue weighted by atomic mass is 16.6.